The Balaban J connectivity index is 2.06. The molecule has 1 heterocycles. The van der Waals surface area contributed by atoms with Gasteiger partial charge in [0.15, 0.2) is 6.10 Å². The molecule has 0 aliphatic carbocycles. The second kappa shape index (κ2) is 6.37. The minimum absolute atomic E-state index is 0.359. The number of methoxy groups -OCH3 is 1. The first-order chi connectivity index (χ1) is 9.63. The van der Waals surface area contributed by atoms with Gasteiger partial charge in [0.05, 0.1) is 19.3 Å². The number of aliphatic carboxylic acids is 1. The van der Waals surface area contributed by atoms with Crippen molar-refractivity contribution in [2.75, 3.05) is 26.8 Å². The highest BCUT2D eigenvalue weighted by Gasteiger charge is 2.26. The summed E-state index contributed by atoms with van der Waals surface area (Å²) in [6, 6.07) is 7.44. The van der Waals surface area contributed by atoms with Crippen molar-refractivity contribution in [2.24, 2.45) is 0 Å². The highest BCUT2D eigenvalue weighted by atomic mass is 16.5. The summed E-state index contributed by atoms with van der Waals surface area (Å²) in [7, 11) is 1.52. The van der Waals surface area contributed by atoms with E-state index in [-0.39, 0.29) is 0 Å². The number of carboxylic acid groups (broad SMARTS) is 1. The van der Waals surface area contributed by atoms with Crippen LogP contribution in [0.3, 0.4) is 0 Å². The molecule has 0 amide bonds. The number of rotatable bonds is 4. The van der Waals surface area contributed by atoms with Crippen LogP contribution in [0.5, 0.6) is 5.75 Å². The molecule has 0 radical (unpaired) electrons. The van der Waals surface area contributed by atoms with E-state index in [1.807, 2.05) is 17.0 Å². The zero-order valence-corrected chi connectivity index (χ0v) is 11.2. The average molecular weight is 276 g/mol. The lowest BCUT2D eigenvalue weighted by Gasteiger charge is -2.30. The van der Waals surface area contributed by atoms with Gasteiger partial charge in [0.2, 0.25) is 0 Å². The first kappa shape index (κ1) is 14.3. The number of carbonyl (C=O) groups is 1. The first-order valence-electron chi connectivity index (χ1n) is 6.28. The summed E-state index contributed by atoms with van der Waals surface area (Å²) in [6.07, 6.45) is -0.774. The summed E-state index contributed by atoms with van der Waals surface area (Å²) in [5.74, 6) is -0.403. The highest BCUT2D eigenvalue weighted by molar-refractivity contribution is 5.72. The molecule has 6 heteroatoms. The molecule has 1 fully saturated rings. The van der Waals surface area contributed by atoms with E-state index in [4.69, 9.17) is 19.8 Å². The largest absolute Gasteiger partial charge is 0.495 e. The van der Waals surface area contributed by atoms with Crippen LogP contribution in [-0.4, -0.2) is 48.9 Å². The molecule has 1 N–H and O–H groups in total. The number of benzene rings is 1. The van der Waals surface area contributed by atoms with Gasteiger partial charge in [-0.05, 0) is 17.7 Å². The molecule has 1 saturated heterocycles. The predicted molar refractivity (Wildman–Crippen MR) is 70.4 cm³/mol. The fraction of sp³-hybridized carbons (Fsp3) is 0.429. The van der Waals surface area contributed by atoms with Gasteiger partial charge in [-0.25, -0.2) is 4.79 Å². The molecule has 0 spiro atoms. The number of morpholine rings is 1. The third-order valence-electron chi connectivity index (χ3n) is 3.22. The van der Waals surface area contributed by atoms with Crippen LogP contribution in [-0.2, 0) is 16.1 Å². The standard InChI is InChI=1S/C14H16N2O4/c1-19-12-6-10(2-3-11(12)7-15)8-16-4-5-20-13(9-16)14(17)18/h2-3,6,13H,4-5,8-9H2,1H3,(H,17,18). The monoisotopic (exact) mass is 276 g/mol. The Morgan fingerprint density at radius 1 is 1.65 bits per heavy atom. The first-order valence-corrected chi connectivity index (χ1v) is 6.28. The van der Waals surface area contributed by atoms with Crippen LogP contribution in [0.2, 0.25) is 0 Å². The fourth-order valence-corrected chi connectivity index (χ4v) is 2.18. The van der Waals surface area contributed by atoms with Gasteiger partial charge in [0.25, 0.3) is 0 Å². The van der Waals surface area contributed by atoms with E-state index < -0.39 is 12.1 Å². The van der Waals surface area contributed by atoms with Gasteiger partial charge >= 0.3 is 5.97 Å². The van der Waals surface area contributed by atoms with Crippen molar-refractivity contribution < 1.29 is 19.4 Å². The van der Waals surface area contributed by atoms with Crippen LogP contribution >= 0.6 is 0 Å². The number of nitrogens with zero attached hydrogens (tertiary/aromatic N) is 2. The Labute approximate surface area is 117 Å². The summed E-state index contributed by atoms with van der Waals surface area (Å²) in [4.78, 5) is 12.9. The van der Waals surface area contributed by atoms with Crippen LogP contribution in [0.4, 0.5) is 0 Å². The maximum absolute atomic E-state index is 10.9. The minimum atomic E-state index is -0.938. The molecular weight excluding hydrogens is 260 g/mol. The predicted octanol–water partition coefficient (Wildman–Crippen LogP) is 0.852. The lowest BCUT2D eigenvalue weighted by molar-refractivity contribution is -0.156. The van der Waals surface area contributed by atoms with E-state index in [1.54, 1.807) is 6.07 Å². The van der Waals surface area contributed by atoms with Gasteiger partial charge in [0.1, 0.15) is 11.8 Å². The summed E-state index contributed by atoms with van der Waals surface area (Å²) in [6.45, 7) is 2.06. The Bertz CT molecular complexity index is 538. The topological polar surface area (TPSA) is 82.8 Å². The van der Waals surface area contributed by atoms with E-state index in [0.717, 1.165) is 5.56 Å². The molecule has 0 saturated carbocycles. The van der Waals surface area contributed by atoms with Gasteiger partial charge in [0, 0.05) is 19.6 Å². The van der Waals surface area contributed by atoms with Gasteiger partial charge in [-0.1, -0.05) is 6.07 Å². The highest BCUT2D eigenvalue weighted by Crippen LogP contribution is 2.21. The molecular formula is C14H16N2O4. The second-order valence-corrected chi connectivity index (χ2v) is 4.58. The molecule has 1 atom stereocenters. The lowest BCUT2D eigenvalue weighted by atomic mass is 10.1. The van der Waals surface area contributed by atoms with Crippen molar-refractivity contribution in [2.45, 2.75) is 12.6 Å². The summed E-state index contributed by atoms with van der Waals surface area (Å²) in [5, 5.41) is 17.9. The zero-order valence-electron chi connectivity index (χ0n) is 11.2. The third-order valence-corrected chi connectivity index (χ3v) is 3.22. The van der Waals surface area contributed by atoms with E-state index in [1.165, 1.54) is 7.11 Å². The molecule has 20 heavy (non-hydrogen) atoms. The van der Waals surface area contributed by atoms with Gasteiger partial charge < -0.3 is 14.6 Å². The second-order valence-electron chi connectivity index (χ2n) is 4.58. The van der Waals surface area contributed by atoms with Crippen molar-refractivity contribution in [3.05, 3.63) is 29.3 Å². The molecule has 1 aliphatic heterocycles. The Kier molecular flexibility index (Phi) is 4.56. The Morgan fingerprint density at radius 3 is 3.10 bits per heavy atom. The summed E-state index contributed by atoms with van der Waals surface area (Å²) >= 11 is 0. The molecule has 106 valence electrons. The number of ether oxygens (including phenoxy) is 2. The Morgan fingerprint density at radius 2 is 2.45 bits per heavy atom. The number of hydrogen-bond donors (Lipinski definition) is 1. The van der Waals surface area contributed by atoms with E-state index in [2.05, 4.69) is 6.07 Å². The number of nitriles is 1. The molecule has 0 bridgehead atoms. The van der Waals surface area contributed by atoms with Crippen molar-refractivity contribution in [1.82, 2.24) is 4.90 Å². The molecule has 1 aromatic carbocycles. The fourth-order valence-electron chi connectivity index (χ4n) is 2.18. The molecule has 6 nitrogen and oxygen atoms in total. The van der Waals surface area contributed by atoms with Crippen LogP contribution in [0, 0.1) is 11.3 Å². The van der Waals surface area contributed by atoms with Gasteiger partial charge in [-0.2, -0.15) is 5.26 Å². The van der Waals surface area contributed by atoms with Crippen molar-refractivity contribution in [1.29, 1.82) is 5.26 Å². The normalized spacial score (nSPS) is 19.3. The SMILES string of the molecule is COc1cc(CN2CCOC(C(=O)O)C2)ccc1C#N. The van der Waals surface area contributed by atoms with Crippen LogP contribution in [0.25, 0.3) is 0 Å². The minimum Gasteiger partial charge on any atom is -0.495 e. The number of carboxylic acids is 1. The third kappa shape index (κ3) is 3.26. The molecule has 2 rings (SSSR count). The quantitative estimate of drug-likeness (QED) is 0.878. The van der Waals surface area contributed by atoms with Crippen molar-refractivity contribution in [3.8, 4) is 11.8 Å². The van der Waals surface area contributed by atoms with E-state index in [9.17, 15) is 4.79 Å². The lowest BCUT2D eigenvalue weighted by Crippen LogP contribution is -2.45. The smallest absolute Gasteiger partial charge is 0.334 e. The molecule has 1 aromatic rings. The summed E-state index contributed by atoms with van der Waals surface area (Å²) in [5.41, 5.74) is 1.47. The molecule has 1 unspecified atom stereocenters. The van der Waals surface area contributed by atoms with Gasteiger partial charge in [-0.15, -0.1) is 0 Å². The Hall–Kier alpha value is -2.10. The van der Waals surface area contributed by atoms with Crippen LogP contribution in [0.15, 0.2) is 18.2 Å². The molecule has 1 aliphatic rings. The maximum Gasteiger partial charge on any atom is 0.334 e. The van der Waals surface area contributed by atoms with Crippen LogP contribution < -0.4 is 4.74 Å². The van der Waals surface area contributed by atoms with Crippen LogP contribution in [0.1, 0.15) is 11.1 Å². The molecule has 0 aromatic heterocycles. The van der Waals surface area contributed by atoms with E-state index in [0.29, 0.717) is 37.6 Å². The van der Waals surface area contributed by atoms with Gasteiger partial charge in [-0.3, -0.25) is 4.90 Å². The van der Waals surface area contributed by atoms with Crippen molar-refractivity contribution >= 4 is 5.97 Å². The van der Waals surface area contributed by atoms with E-state index >= 15 is 0 Å². The average Bonchev–Trinajstić information content (AvgIpc) is 2.47. The summed E-state index contributed by atoms with van der Waals surface area (Å²) < 4.78 is 10.3. The maximum atomic E-state index is 10.9. The zero-order chi connectivity index (χ0) is 14.5. The van der Waals surface area contributed by atoms with Crippen molar-refractivity contribution in [3.63, 3.8) is 0 Å². The number of hydrogen-bond acceptors (Lipinski definition) is 5.